The lowest BCUT2D eigenvalue weighted by atomic mass is 9.86. The summed E-state index contributed by atoms with van der Waals surface area (Å²) in [5.74, 6) is -1.65. The number of aromatic nitrogens is 1. The van der Waals surface area contributed by atoms with Crippen LogP contribution in [0.2, 0.25) is 0 Å². The number of carbonyl (C=O) groups is 1. The molecule has 0 bridgehead atoms. The molecule has 0 spiro atoms. The monoisotopic (exact) mass is 523 g/mol. The molecular weight excluding hydrogens is 498 g/mol. The molecule has 5 aromatic rings. The van der Waals surface area contributed by atoms with E-state index in [0.29, 0.717) is 17.7 Å². The van der Waals surface area contributed by atoms with Gasteiger partial charge in [-0.15, -0.1) is 0 Å². The van der Waals surface area contributed by atoms with Crippen LogP contribution in [0.3, 0.4) is 0 Å². The van der Waals surface area contributed by atoms with Crippen LogP contribution in [0.1, 0.15) is 35.4 Å². The van der Waals surface area contributed by atoms with Crippen molar-refractivity contribution in [3.05, 3.63) is 104 Å². The Hall–Kier alpha value is -4.85. The number of rotatable bonds is 5. The Bertz CT molecular complexity index is 1880. The van der Waals surface area contributed by atoms with Crippen LogP contribution in [0.15, 0.2) is 80.9 Å². The van der Waals surface area contributed by atoms with E-state index in [1.807, 2.05) is 18.2 Å². The van der Waals surface area contributed by atoms with Gasteiger partial charge in [-0.1, -0.05) is 30.3 Å². The molecule has 1 atom stereocenters. The van der Waals surface area contributed by atoms with Crippen molar-refractivity contribution in [3.63, 3.8) is 0 Å². The number of esters is 1. The van der Waals surface area contributed by atoms with Crippen molar-refractivity contribution in [1.29, 1.82) is 0 Å². The Kier molecular flexibility index (Phi) is 5.95. The number of aryl methyl sites for hydroxylation is 2. The van der Waals surface area contributed by atoms with Crippen LogP contribution in [0.25, 0.3) is 33.0 Å². The van der Waals surface area contributed by atoms with E-state index >= 15 is 0 Å². The number of para-hydroxylation sites is 1. The molecule has 3 aromatic carbocycles. The summed E-state index contributed by atoms with van der Waals surface area (Å²) in [5.41, 5.74) is 2.73. The summed E-state index contributed by atoms with van der Waals surface area (Å²) in [7, 11) is 1.26. The second-order valence-corrected chi connectivity index (χ2v) is 9.75. The molecule has 1 unspecified atom stereocenters. The van der Waals surface area contributed by atoms with Crippen molar-refractivity contribution in [2.24, 2.45) is 0 Å². The third kappa shape index (κ3) is 4.05. The largest absolute Gasteiger partial charge is 0.508 e. The Balaban J connectivity index is 1.61. The summed E-state index contributed by atoms with van der Waals surface area (Å²) in [6, 6.07) is 16.6. The fourth-order valence-electron chi connectivity index (χ4n) is 5.64. The average Bonchev–Trinajstić information content (AvgIpc) is 2.95. The molecule has 2 aromatic heterocycles. The van der Waals surface area contributed by atoms with Gasteiger partial charge in [-0.25, -0.2) is 0 Å². The van der Waals surface area contributed by atoms with Crippen LogP contribution in [-0.4, -0.2) is 27.9 Å². The number of phenolic OH excluding ortho intramolecular Hbond substituents is 2. The van der Waals surface area contributed by atoms with Gasteiger partial charge < -0.3 is 23.9 Å². The van der Waals surface area contributed by atoms with Gasteiger partial charge in [0.15, 0.2) is 0 Å². The minimum atomic E-state index is -0.935. The van der Waals surface area contributed by atoms with E-state index in [1.54, 1.807) is 22.8 Å². The molecule has 0 saturated carbocycles. The van der Waals surface area contributed by atoms with E-state index in [2.05, 4.69) is 0 Å². The molecule has 0 radical (unpaired) electrons. The summed E-state index contributed by atoms with van der Waals surface area (Å²) in [6.45, 7) is 0.539. The van der Waals surface area contributed by atoms with E-state index in [4.69, 9.17) is 9.15 Å². The van der Waals surface area contributed by atoms with Crippen LogP contribution in [0.5, 0.6) is 11.5 Å². The topological polar surface area (TPSA) is 119 Å². The Morgan fingerprint density at radius 1 is 1.08 bits per heavy atom. The van der Waals surface area contributed by atoms with Crippen molar-refractivity contribution in [3.8, 4) is 22.6 Å². The number of pyridine rings is 1. The first-order chi connectivity index (χ1) is 18.9. The van der Waals surface area contributed by atoms with Gasteiger partial charge >= 0.3 is 5.97 Å². The molecule has 196 valence electrons. The Labute approximate surface area is 222 Å². The summed E-state index contributed by atoms with van der Waals surface area (Å²) in [6.07, 6.45) is 2.73. The van der Waals surface area contributed by atoms with Gasteiger partial charge in [0, 0.05) is 23.6 Å². The summed E-state index contributed by atoms with van der Waals surface area (Å²) >= 11 is 0. The van der Waals surface area contributed by atoms with Crippen molar-refractivity contribution in [2.75, 3.05) is 7.11 Å². The smallest absolute Gasteiger partial charge is 0.306 e. The number of carbonyl (C=O) groups excluding carboxylic acids is 1. The van der Waals surface area contributed by atoms with Gasteiger partial charge in [0.2, 0.25) is 5.43 Å². The van der Waals surface area contributed by atoms with Gasteiger partial charge in [0.1, 0.15) is 23.3 Å². The fourth-order valence-corrected chi connectivity index (χ4v) is 5.64. The van der Waals surface area contributed by atoms with Gasteiger partial charge in [-0.2, -0.15) is 0 Å². The van der Waals surface area contributed by atoms with Crippen LogP contribution in [0, 0.1) is 0 Å². The molecule has 39 heavy (non-hydrogen) atoms. The average molecular weight is 524 g/mol. The van der Waals surface area contributed by atoms with E-state index < -0.39 is 11.9 Å². The number of nitrogens with zero attached hydrogens (tertiary/aromatic N) is 1. The zero-order valence-corrected chi connectivity index (χ0v) is 21.1. The molecule has 3 heterocycles. The molecule has 0 amide bonds. The van der Waals surface area contributed by atoms with Crippen LogP contribution in [-0.2, 0) is 22.5 Å². The predicted octanol–water partition coefficient (Wildman–Crippen LogP) is 4.83. The maximum atomic E-state index is 13.9. The van der Waals surface area contributed by atoms with Gasteiger partial charge in [0.05, 0.1) is 30.0 Å². The Morgan fingerprint density at radius 3 is 2.64 bits per heavy atom. The number of hydrogen-bond acceptors (Lipinski definition) is 7. The highest BCUT2D eigenvalue weighted by Crippen LogP contribution is 2.39. The molecule has 0 fully saturated rings. The van der Waals surface area contributed by atoms with Gasteiger partial charge in [-0.05, 0) is 59.7 Å². The van der Waals surface area contributed by atoms with Crippen LogP contribution >= 0.6 is 0 Å². The van der Waals surface area contributed by atoms with Gasteiger partial charge in [0.25, 0.3) is 5.56 Å². The van der Waals surface area contributed by atoms with Gasteiger partial charge in [-0.3, -0.25) is 14.4 Å². The lowest BCUT2D eigenvalue weighted by molar-refractivity contribution is -0.140. The molecule has 1 aliphatic rings. The van der Waals surface area contributed by atoms with E-state index in [0.717, 1.165) is 29.3 Å². The first kappa shape index (κ1) is 24.5. The quantitative estimate of drug-likeness (QED) is 0.317. The minimum absolute atomic E-state index is 0.0645. The number of aromatic hydroxyl groups is 2. The first-order valence-electron chi connectivity index (χ1n) is 12.7. The highest BCUT2D eigenvalue weighted by Gasteiger charge is 2.30. The van der Waals surface area contributed by atoms with E-state index in [-0.39, 0.29) is 51.0 Å². The summed E-state index contributed by atoms with van der Waals surface area (Å²) < 4.78 is 12.7. The van der Waals surface area contributed by atoms with Crippen molar-refractivity contribution < 1.29 is 24.2 Å². The van der Waals surface area contributed by atoms with Crippen molar-refractivity contribution >= 4 is 27.8 Å². The zero-order valence-electron chi connectivity index (χ0n) is 21.1. The second kappa shape index (κ2) is 9.47. The molecule has 6 rings (SSSR count). The van der Waals surface area contributed by atoms with Crippen LogP contribution < -0.4 is 11.0 Å². The number of hydrogen-bond donors (Lipinski definition) is 2. The molecule has 0 aliphatic carbocycles. The number of methoxy groups -OCH3 is 1. The maximum absolute atomic E-state index is 13.9. The highest BCUT2D eigenvalue weighted by molar-refractivity contribution is 5.88. The molecule has 8 nitrogen and oxygen atoms in total. The fraction of sp³-hybridized carbons (Fsp3) is 0.194. The third-order valence-corrected chi connectivity index (χ3v) is 7.51. The van der Waals surface area contributed by atoms with Crippen molar-refractivity contribution in [2.45, 2.75) is 31.7 Å². The normalized spacial score (nSPS) is 13.5. The molecule has 1 aliphatic heterocycles. The second-order valence-electron chi connectivity index (χ2n) is 9.75. The number of fused-ring (bicyclic) bond motifs is 1. The maximum Gasteiger partial charge on any atom is 0.306 e. The summed E-state index contributed by atoms with van der Waals surface area (Å²) in [5, 5.41) is 21.7. The van der Waals surface area contributed by atoms with E-state index in [9.17, 15) is 24.6 Å². The standard InChI is InChI=1S/C31H25NO7/c1-38-26(35)15-22(23-14-19-5-2-4-18-6-3-13-32(28(18)19)31(23)37)27-25(34)12-11-21-29(36)24(16-39-30(21)27)17-7-9-20(33)10-8-17/h2,4-5,7-12,14,16,22,33-34H,3,6,13,15H2,1H3. The SMILES string of the molecule is COC(=O)CC(c1cc2cccc3c2n(c1=O)CCC3)c1c(O)ccc2c(=O)c(-c3ccc(O)cc3)coc12. The summed E-state index contributed by atoms with van der Waals surface area (Å²) in [4.78, 5) is 40.0. The van der Waals surface area contributed by atoms with Crippen LogP contribution in [0.4, 0.5) is 0 Å². The third-order valence-electron chi connectivity index (χ3n) is 7.51. The number of ether oxygens (including phenoxy) is 1. The Morgan fingerprint density at radius 2 is 1.87 bits per heavy atom. The predicted molar refractivity (Wildman–Crippen MR) is 146 cm³/mol. The zero-order chi connectivity index (χ0) is 27.3. The molecule has 2 N–H and O–H groups in total. The highest BCUT2D eigenvalue weighted by atomic mass is 16.5. The minimum Gasteiger partial charge on any atom is -0.508 e. The lowest BCUT2D eigenvalue weighted by Crippen LogP contribution is -2.30. The number of benzene rings is 3. The first-order valence-corrected chi connectivity index (χ1v) is 12.7. The number of phenols is 2. The van der Waals surface area contributed by atoms with E-state index in [1.165, 1.54) is 37.6 Å². The molecule has 0 saturated heterocycles. The van der Waals surface area contributed by atoms with Crippen molar-refractivity contribution in [1.82, 2.24) is 4.57 Å². The molecular formula is C31H25NO7. The lowest BCUT2D eigenvalue weighted by Gasteiger charge is -2.24. The molecule has 8 heteroatoms.